The van der Waals surface area contributed by atoms with Gasteiger partial charge in [-0.2, -0.15) is 5.10 Å². The number of aromatic nitrogens is 3. The van der Waals surface area contributed by atoms with E-state index in [0.29, 0.717) is 13.2 Å². The van der Waals surface area contributed by atoms with E-state index in [1.807, 2.05) is 30.9 Å². The Morgan fingerprint density at radius 3 is 2.96 bits per heavy atom. The van der Waals surface area contributed by atoms with Gasteiger partial charge in [0.2, 0.25) is 0 Å². The zero-order valence-corrected chi connectivity index (χ0v) is 19.2. The first-order valence-corrected chi connectivity index (χ1v) is 9.19. The number of furan rings is 1. The number of halogens is 1. The molecule has 0 spiro atoms. The number of nitrogens with one attached hydrogen (secondary N) is 2. The smallest absolute Gasteiger partial charge is 0.191 e. The number of methoxy groups -OCH3 is 1. The van der Waals surface area contributed by atoms with Gasteiger partial charge in [0, 0.05) is 33.2 Å². The molecule has 2 unspecified atom stereocenters. The van der Waals surface area contributed by atoms with Crippen LogP contribution in [0.1, 0.15) is 29.9 Å². The highest BCUT2D eigenvalue weighted by atomic mass is 127. The summed E-state index contributed by atoms with van der Waals surface area (Å²) in [6.45, 7) is 1.90. The van der Waals surface area contributed by atoms with Crippen molar-refractivity contribution in [2.24, 2.45) is 4.99 Å². The van der Waals surface area contributed by atoms with Crippen LogP contribution >= 0.6 is 24.0 Å². The molecule has 2 N–H and O–H groups in total. The molecular weight excluding hydrogens is 473 g/mol. The van der Waals surface area contributed by atoms with Crippen LogP contribution in [0.3, 0.4) is 0 Å². The first-order valence-electron chi connectivity index (χ1n) is 9.19. The topological polar surface area (TPSA) is 92.7 Å². The SMILES string of the molecule is CN=C(NCC(c1ccco1)N(C)C)NC1CCc2nc(COC)nn2C1.I. The predicted octanol–water partition coefficient (Wildman–Crippen LogP) is 1.42. The van der Waals surface area contributed by atoms with Crippen molar-refractivity contribution in [1.29, 1.82) is 0 Å². The first kappa shape index (κ1) is 22.6. The van der Waals surface area contributed by atoms with E-state index in [9.17, 15) is 0 Å². The Labute approximate surface area is 182 Å². The maximum atomic E-state index is 5.56. The molecule has 1 aliphatic rings. The van der Waals surface area contributed by atoms with E-state index in [1.165, 1.54) is 0 Å². The minimum atomic E-state index is 0. The van der Waals surface area contributed by atoms with Crippen molar-refractivity contribution < 1.29 is 9.15 Å². The van der Waals surface area contributed by atoms with Crippen LogP contribution in [0, 0.1) is 0 Å². The molecule has 0 fully saturated rings. The van der Waals surface area contributed by atoms with Gasteiger partial charge < -0.3 is 19.8 Å². The number of rotatable bonds is 7. The molecule has 9 nitrogen and oxygen atoms in total. The van der Waals surface area contributed by atoms with Crippen molar-refractivity contribution in [2.75, 3.05) is 34.8 Å². The average molecular weight is 503 g/mol. The summed E-state index contributed by atoms with van der Waals surface area (Å²) in [6.07, 6.45) is 3.58. The minimum Gasteiger partial charge on any atom is -0.468 e. The highest BCUT2D eigenvalue weighted by Crippen LogP contribution is 2.17. The number of aliphatic imine (C=N–C) groups is 1. The van der Waals surface area contributed by atoms with Gasteiger partial charge in [-0.05, 0) is 32.6 Å². The first-order chi connectivity index (χ1) is 13.1. The number of fused-ring (bicyclic) bond motifs is 1. The summed E-state index contributed by atoms with van der Waals surface area (Å²) in [4.78, 5) is 11.0. The summed E-state index contributed by atoms with van der Waals surface area (Å²) in [5.74, 6) is 3.47. The second-order valence-electron chi connectivity index (χ2n) is 6.89. The molecule has 0 radical (unpaired) electrons. The lowest BCUT2D eigenvalue weighted by Gasteiger charge is -2.27. The van der Waals surface area contributed by atoms with Gasteiger partial charge in [0.15, 0.2) is 11.8 Å². The van der Waals surface area contributed by atoms with Gasteiger partial charge in [-0.1, -0.05) is 0 Å². The number of likely N-dealkylation sites (N-methyl/N-ethyl adjacent to an activating group) is 1. The van der Waals surface area contributed by atoms with Crippen LogP contribution in [0.4, 0.5) is 0 Å². The second kappa shape index (κ2) is 10.8. The summed E-state index contributed by atoms with van der Waals surface area (Å²) in [5, 5.41) is 11.4. The van der Waals surface area contributed by atoms with E-state index < -0.39 is 0 Å². The van der Waals surface area contributed by atoms with E-state index in [-0.39, 0.29) is 36.1 Å². The maximum Gasteiger partial charge on any atom is 0.191 e. The summed E-state index contributed by atoms with van der Waals surface area (Å²) < 4.78 is 12.7. The van der Waals surface area contributed by atoms with Crippen LogP contribution < -0.4 is 10.6 Å². The Bertz CT molecular complexity index is 745. The number of aryl methyl sites for hydroxylation is 1. The molecule has 3 heterocycles. The molecule has 0 saturated carbocycles. The highest BCUT2D eigenvalue weighted by molar-refractivity contribution is 14.0. The van der Waals surface area contributed by atoms with Crippen LogP contribution in [0.15, 0.2) is 27.8 Å². The van der Waals surface area contributed by atoms with Crippen molar-refractivity contribution in [1.82, 2.24) is 30.3 Å². The Morgan fingerprint density at radius 2 is 2.32 bits per heavy atom. The van der Waals surface area contributed by atoms with Crippen LogP contribution in [0.25, 0.3) is 0 Å². The molecular formula is C18H30IN7O2. The number of hydrogen-bond acceptors (Lipinski definition) is 6. The minimum absolute atomic E-state index is 0. The lowest BCUT2D eigenvalue weighted by molar-refractivity contribution is 0.177. The highest BCUT2D eigenvalue weighted by Gasteiger charge is 2.23. The molecule has 156 valence electrons. The molecule has 0 saturated heterocycles. The van der Waals surface area contributed by atoms with E-state index in [4.69, 9.17) is 9.15 Å². The molecule has 0 aromatic carbocycles. The lowest BCUT2D eigenvalue weighted by atomic mass is 10.1. The van der Waals surface area contributed by atoms with E-state index in [1.54, 1.807) is 20.4 Å². The third-order valence-electron chi connectivity index (χ3n) is 4.70. The summed E-state index contributed by atoms with van der Waals surface area (Å²) in [7, 11) is 7.52. The standard InChI is InChI=1S/C18H29N7O2.HI/c1-19-18(20-10-14(24(2)3)15-6-5-9-27-15)21-13-7-8-17-22-16(12-26-4)23-25(17)11-13;/h5-6,9,13-14H,7-8,10-12H2,1-4H3,(H2,19,20,21);1H. The molecule has 2 aromatic rings. The van der Waals surface area contributed by atoms with Crippen molar-refractivity contribution in [3.05, 3.63) is 35.8 Å². The fraction of sp³-hybridized carbons (Fsp3) is 0.611. The lowest BCUT2D eigenvalue weighted by Crippen LogP contribution is -2.48. The van der Waals surface area contributed by atoms with Gasteiger partial charge in [0.1, 0.15) is 18.2 Å². The maximum absolute atomic E-state index is 5.56. The Morgan fingerprint density at radius 1 is 1.50 bits per heavy atom. The average Bonchev–Trinajstić information content (AvgIpc) is 3.30. The molecule has 0 bridgehead atoms. The van der Waals surface area contributed by atoms with Gasteiger partial charge in [-0.25, -0.2) is 9.67 Å². The van der Waals surface area contributed by atoms with Crippen LogP contribution in [0.5, 0.6) is 0 Å². The second-order valence-corrected chi connectivity index (χ2v) is 6.89. The Balaban J connectivity index is 0.00000280. The van der Waals surface area contributed by atoms with Crippen molar-refractivity contribution in [2.45, 2.75) is 38.1 Å². The number of ether oxygens (including phenoxy) is 1. The van der Waals surface area contributed by atoms with E-state index in [0.717, 1.165) is 42.8 Å². The quantitative estimate of drug-likeness (QED) is 0.336. The van der Waals surface area contributed by atoms with Crippen LogP contribution in [0.2, 0.25) is 0 Å². The normalized spacial score (nSPS) is 17.8. The van der Waals surface area contributed by atoms with Crippen molar-refractivity contribution in [3.8, 4) is 0 Å². The Kier molecular flexibility index (Phi) is 8.70. The molecule has 10 heteroatoms. The molecule has 3 rings (SSSR count). The van der Waals surface area contributed by atoms with Crippen LogP contribution in [-0.2, 0) is 24.3 Å². The zero-order chi connectivity index (χ0) is 19.2. The molecule has 2 atom stereocenters. The third-order valence-corrected chi connectivity index (χ3v) is 4.70. The monoisotopic (exact) mass is 503 g/mol. The molecule has 28 heavy (non-hydrogen) atoms. The zero-order valence-electron chi connectivity index (χ0n) is 16.9. The summed E-state index contributed by atoms with van der Waals surface area (Å²) >= 11 is 0. The van der Waals surface area contributed by atoms with Gasteiger partial charge in [0.25, 0.3) is 0 Å². The number of guanidine groups is 1. The number of hydrogen-bond donors (Lipinski definition) is 2. The molecule has 0 amide bonds. The van der Waals surface area contributed by atoms with Gasteiger partial charge >= 0.3 is 0 Å². The van der Waals surface area contributed by atoms with Gasteiger partial charge in [-0.3, -0.25) is 9.89 Å². The largest absolute Gasteiger partial charge is 0.468 e. The van der Waals surface area contributed by atoms with Gasteiger partial charge in [-0.15, -0.1) is 24.0 Å². The third kappa shape index (κ3) is 5.67. The van der Waals surface area contributed by atoms with Crippen molar-refractivity contribution >= 4 is 29.9 Å². The number of nitrogens with zero attached hydrogens (tertiary/aromatic N) is 5. The van der Waals surface area contributed by atoms with E-state index in [2.05, 4.69) is 30.6 Å². The van der Waals surface area contributed by atoms with E-state index >= 15 is 0 Å². The molecule has 2 aromatic heterocycles. The van der Waals surface area contributed by atoms with Gasteiger partial charge in [0.05, 0.1) is 18.8 Å². The fourth-order valence-electron chi connectivity index (χ4n) is 3.27. The predicted molar refractivity (Wildman–Crippen MR) is 118 cm³/mol. The summed E-state index contributed by atoms with van der Waals surface area (Å²) in [6, 6.07) is 4.28. The Hall–Kier alpha value is -1.66. The van der Waals surface area contributed by atoms with Crippen molar-refractivity contribution in [3.63, 3.8) is 0 Å². The summed E-state index contributed by atoms with van der Waals surface area (Å²) in [5.41, 5.74) is 0. The molecule has 1 aliphatic heterocycles. The van der Waals surface area contributed by atoms with Crippen LogP contribution in [-0.4, -0.2) is 66.5 Å². The fourth-order valence-corrected chi connectivity index (χ4v) is 3.27. The molecule has 0 aliphatic carbocycles.